The number of carbonyl (C=O) groups excluding carboxylic acids is 2. The molecule has 2 aromatic rings. The number of primary amides is 1. The zero-order chi connectivity index (χ0) is 16.1. The Hall–Kier alpha value is -2.82. The molecule has 0 aliphatic carbocycles. The molecule has 0 radical (unpaired) electrons. The summed E-state index contributed by atoms with van der Waals surface area (Å²) >= 11 is 0. The van der Waals surface area contributed by atoms with Crippen LogP contribution in [-0.2, 0) is 11.3 Å². The van der Waals surface area contributed by atoms with E-state index < -0.39 is 12.0 Å². The lowest BCUT2D eigenvalue weighted by atomic mass is 10.1. The summed E-state index contributed by atoms with van der Waals surface area (Å²) in [4.78, 5) is 23.1. The van der Waals surface area contributed by atoms with Gasteiger partial charge in [0.2, 0.25) is 5.91 Å². The first-order valence-corrected chi connectivity index (χ1v) is 6.86. The molecule has 0 atom stereocenters. The molecule has 2 amide bonds. The van der Waals surface area contributed by atoms with Crippen molar-refractivity contribution in [2.45, 2.75) is 20.5 Å². The summed E-state index contributed by atoms with van der Waals surface area (Å²) in [6.07, 6.45) is -0.578. The van der Waals surface area contributed by atoms with Gasteiger partial charge in [-0.3, -0.25) is 10.1 Å². The number of amides is 2. The second kappa shape index (κ2) is 6.76. The van der Waals surface area contributed by atoms with Crippen molar-refractivity contribution in [3.05, 3.63) is 64.7 Å². The molecule has 5 nitrogen and oxygen atoms in total. The van der Waals surface area contributed by atoms with Crippen molar-refractivity contribution in [2.75, 3.05) is 5.32 Å². The highest BCUT2D eigenvalue weighted by atomic mass is 16.5. The first-order chi connectivity index (χ1) is 10.5. The van der Waals surface area contributed by atoms with Gasteiger partial charge >= 0.3 is 6.09 Å². The van der Waals surface area contributed by atoms with Crippen LogP contribution in [0, 0.1) is 13.8 Å². The van der Waals surface area contributed by atoms with Crippen LogP contribution in [0.3, 0.4) is 0 Å². The molecule has 0 aromatic heterocycles. The molecule has 2 rings (SSSR count). The summed E-state index contributed by atoms with van der Waals surface area (Å²) in [6.45, 7) is 3.88. The van der Waals surface area contributed by atoms with Gasteiger partial charge in [0.15, 0.2) is 0 Å². The molecule has 5 heteroatoms. The van der Waals surface area contributed by atoms with Gasteiger partial charge in [0.25, 0.3) is 0 Å². The number of carbonyl (C=O) groups is 2. The van der Waals surface area contributed by atoms with E-state index in [-0.39, 0.29) is 6.61 Å². The number of nitrogens with one attached hydrogen (secondary N) is 1. The van der Waals surface area contributed by atoms with Crippen molar-refractivity contribution in [1.29, 1.82) is 0 Å². The zero-order valence-corrected chi connectivity index (χ0v) is 12.6. The predicted octanol–water partition coefficient (Wildman–Crippen LogP) is 3.15. The Balaban J connectivity index is 2.01. The van der Waals surface area contributed by atoms with E-state index in [1.165, 1.54) is 0 Å². The van der Waals surface area contributed by atoms with Gasteiger partial charge in [0, 0.05) is 11.3 Å². The van der Waals surface area contributed by atoms with Crippen LogP contribution in [0.25, 0.3) is 0 Å². The Morgan fingerprint density at radius 1 is 1.14 bits per heavy atom. The highest BCUT2D eigenvalue weighted by molar-refractivity contribution is 5.97. The number of aryl methyl sites for hydroxylation is 1. The molecule has 22 heavy (non-hydrogen) atoms. The number of rotatable bonds is 4. The summed E-state index contributed by atoms with van der Waals surface area (Å²) in [6, 6.07) is 12.7. The van der Waals surface area contributed by atoms with Crippen molar-refractivity contribution >= 4 is 17.7 Å². The van der Waals surface area contributed by atoms with Crippen molar-refractivity contribution in [2.24, 2.45) is 5.73 Å². The van der Waals surface area contributed by atoms with Crippen LogP contribution >= 0.6 is 0 Å². The van der Waals surface area contributed by atoms with E-state index in [4.69, 9.17) is 10.5 Å². The van der Waals surface area contributed by atoms with Gasteiger partial charge in [-0.2, -0.15) is 0 Å². The quantitative estimate of drug-likeness (QED) is 0.909. The Morgan fingerprint density at radius 2 is 1.86 bits per heavy atom. The molecular weight excluding hydrogens is 280 g/mol. The average molecular weight is 298 g/mol. The SMILES string of the molecule is Cc1cccc(COC(=O)Nc2cccc(C(N)=O)c2C)c1. The van der Waals surface area contributed by atoms with Crippen LogP contribution in [0.1, 0.15) is 27.0 Å². The fourth-order valence-corrected chi connectivity index (χ4v) is 2.13. The summed E-state index contributed by atoms with van der Waals surface area (Å²) < 4.78 is 5.18. The Bertz CT molecular complexity index is 711. The van der Waals surface area contributed by atoms with Crippen molar-refractivity contribution < 1.29 is 14.3 Å². The molecule has 3 N–H and O–H groups in total. The topological polar surface area (TPSA) is 81.4 Å². The van der Waals surface area contributed by atoms with Crippen LogP contribution < -0.4 is 11.1 Å². The third-order valence-electron chi connectivity index (χ3n) is 3.29. The standard InChI is InChI=1S/C17H18N2O3/c1-11-5-3-6-13(9-11)10-22-17(21)19-15-8-4-7-14(12(15)2)16(18)20/h3-9H,10H2,1-2H3,(H2,18,20)(H,19,21). The molecule has 0 fully saturated rings. The lowest BCUT2D eigenvalue weighted by Gasteiger charge is -2.11. The van der Waals surface area contributed by atoms with E-state index in [0.29, 0.717) is 16.8 Å². The minimum absolute atomic E-state index is 0.183. The highest BCUT2D eigenvalue weighted by Crippen LogP contribution is 2.19. The van der Waals surface area contributed by atoms with Crippen LogP contribution in [0.15, 0.2) is 42.5 Å². The second-order valence-electron chi connectivity index (χ2n) is 5.03. The summed E-state index contributed by atoms with van der Waals surface area (Å²) in [5, 5.41) is 2.62. The molecule has 0 saturated carbocycles. The molecule has 0 aliphatic rings. The maximum atomic E-state index is 11.9. The molecule has 0 unspecified atom stereocenters. The molecule has 0 aliphatic heterocycles. The minimum atomic E-state index is -0.578. The molecular formula is C17H18N2O3. The van der Waals surface area contributed by atoms with E-state index in [1.54, 1.807) is 25.1 Å². The van der Waals surface area contributed by atoms with Gasteiger partial charge in [-0.05, 0) is 37.1 Å². The van der Waals surface area contributed by atoms with Crippen LogP contribution in [0.4, 0.5) is 10.5 Å². The fraction of sp³-hybridized carbons (Fsp3) is 0.176. The van der Waals surface area contributed by atoms with Crippen LogP contribution in [0.2, 0.25) is 0 Å². The van der Waals surface area contributed by atoms with Gasteiger partial charge in [-0.1, -0.05) is 35.9 Å². The van der Waals surface area contributed by atoms with Gasteiger partial charge in [0.1, 0.15) is 6.61 Å². The first-order valence-electron chi connectivity index (χ1n) is 6.86. The smallest absolute Gasteiger partial charge is 0.411 e. The molecule has 0 heterocycles. The maximum absolute atomic E-state index is 11.9. The number of anilines is 1. The van der Waals surface area contributed by atoms with Crippen molar-refractivity contribution in [3.63, 3.8) is 0 Å². The number of hydrogen-bond acceptors (Lipinski definition) is 3. The maximum Gasteiger partial charge on any atom is 0.411 e. The monoisotopic (exact) mass is 298 g/mol. The van der Waals surface area contributed by atoms with E-state index in [9.17, 15) is 9.59 Å². The van der Waals surface area contributed by atoms with E-state index in [2.05, 4.69) is 5.32 Å². The lowest BCUT2D eigenvalue weighted by Crippen LogP contribution is -2.17. The van der Waals surface area contributed by atoms with Gasteiger partial charge < -0.3 is 10.5 Å². The van der Waals surface area contributed by atoms with Crippen LogP contribution in [-0.4, -0.2) is 12.0 Å². The third kappa shape index (κ3) is 3.85. The van der Waals surface area contributed by atoms with Gasteiger partial charge in [-0.15, -0.1) is 0 Å². The van der Waals surface area contributed by atoms with Crippen molar-refractivity contribution in [3.8, 4) is 0 Å². The van der Waals surface area contributed by atoms with E-state index in [1.807, 2.05) is 31.2 Å². The minimum Gasteiger partial charge on any atom is -0.444 e. The number of ether oxygens (including phenoxy) is 1. The van der Waals surface area contributed by atoms with Crippen LogP contribution in [0.5, 0.6) is 0 Å². The Morgan fingerprint density at radius 3 is 2.55 bits per heavy atom. The summed E-state index contributed by atoms with van der Waals surface area (Å²) in [7, 11) is 0. The summed E-state index contributed by atoms with van der Waals surface area (Å²) in [5.41, 5.74) is 8.79. The predicted molar refractivity (Wildman–Crippen MR) is 84.7 cm³/mol. The number of hydrogen-bond donors (Lipinski definition) is 2. The third-order valence-corrected chi connectivity index (χ3v) is 3.29. The van der Waals surface area contributed by atoms with E-state index in [0.717, 1.165) is 11.1 Å². The fourth-order valence-electron chi connectivity index (χ4n) is 2.13. The molecule has 2 aromatic carbocycles. The largest absolute Gasteiger partial charge is 0.444 e. The number of benzene rings is 2. The average Bonchev–Trinajstić information content (AvgIpc) is 2.47. The normalized spacial score (nSPS) is 10.1. The Labute approximate surface area is 129 Å². The summed E-state index contributed by atoms with van der Waals surface area (Å²) in [5.74, 6) is -0.533. The Kier molecular flexibility index (Phi) is 4.78. The van der Waals surface area contributed by atoms with Gasteiger partial charge in [-0.25, -0.2) is 4.79 Å². The molecule has 0 spiro atoms. The second-order valence-corrected chi connectivity index (χ2v) is 5.03. The van der Waals surface area contributed by atoms with E-state index >= 15 is 0 Å². The van der Waals surface area contributed by atoms with Crippen molar-refractivity contribution in [1.82, 2.24) is 0 Å². The molecule has 0 saturated heterocycles. The molecule has 114 valence electrons. The lowest BCUT2D eigenvalue weighted by molar-refractivity contribution is 0.0999. The molecule has 0 bridgehead atoms. The highest BCUT2D eigenvalue weighted by Gasteiger charge is 2.11. The van der Waals surface area contributed by atoms with Gasteiger partial charge in [0.05, 0.1) is 0 Å². The first kappa shape index (κ1) is 15.6. The number of nitrogens with two attached hydrogens (primary N) is 1. The zero-order valence-electron chi connectivity index (χ0n) is 12.6.